The molecular weight excluding hydrogens is 399 g/mol. The molecule has 148 valence electrons. The molecule has 0 radical (unpaired) electrons. The number of rotatable bonds is 9. The van der Waals surface area contributed by atoms with Gasteiger partial charge >= 0.3 is 12.1 Å². The number of halogens is 5. The predicted octanol–water partition coefficient (Wildman–Crippen LogP) is 4.51. The van der Waals surface area contributed by atoms with Gasteiger partial charge in [0.1, 0.15) is 11.5 Å². The number of alkyl halides is 5. The highest BCUT2D eigenvalue weighted by Crippen LogP contribution is 2.31. The number of ether oxygens (including phenoxy) is 4. The first-order valence-electron chi connectivity index (χ1n) is 7.23. The minimum absolute atomic E-state index is 0.0229. The van der Waals surface area contributed by atoms with Crippen LogP contribution in [0.4, 0.5) is 22.0 Å². The van der Waals surface area contributed by atoms with Crippen LogP contribution in [0.5, 0.6) is 29.1 Å². The third-order valence-electron chi connectivity index (χ3n) is 2.73. The number of nitrogens with zero attached hydrogens (tertiary/aromatic N) is 2. The molecule has 12 heteroatoms. The second kappa shape index (κ2) is 9.44. The average Bonchev–Trinajstić information content (AvgIpc) is 2.57. The van der Waals surface area contributed by atoms with E-state index in [0.29, 0.717) is 0 Å². The number of hydrogen-bond donors (Lipinski definition) is 0. The second-order valence-corrected chi connectivity index (χ2v) is 5.80. The predicted molar refractivity (Wildman–Crippen MR) is 85.7 cm³/mol. The number of thioether (sulfide) groups is 1. The van der Waals surface area contributed by atoms with E-state index in [-0.39, 0.29) is 53.3 Å². The van der Waals surface area contributed by atoms with E-state index in [4.69, 9.17) is 14.2 Å². The van der Waals surface area contributed by atoms with Crippen LogP contribution in [0, 0.1) is 0 Å². The Morgan fingerprint density at radius 2 is 1.78 bits per heavy atom. The highest BCUT2D eigenvalue weighted by molar-refractivity contribution is 8.00. The van der Waals surface area contributed by atoms with Gasteiger partial charge in [0.2, 0.25) is 17.6 Å². The summed E-state index contributed by atoms with van der Waals surface area (Å²) in [5.74, 6) is -0.355. The molecule has 2 rings (SSSR count). The monoisotopic (exact) mass is 412 g/mol. The molecule has 2 aromatic rings. The van der Waals surface area contributed by atoms with Crippen LogP contribution in [-0.2, 0) is 0 Å². The Kier molecular flexibility index (Phi) is 7.28. The summed E-state index contributed by atoms with van der Waals surface area (Å²) >= 11 is -0.221. The zero-order chi connectivity index (χ0) is 19.9. The van der Waals surface area contributed by atoms with Crippen LogP contribution >= 0.6 is 11.8 Å². The Hall–Kier alpha value is -2.50. The molecule has 0 spiro atoms. The van der Waals surface area contributed by atoms with Crippen molar-refractivity contribution in [3.8, 4) is 29.1 Å². The van der Waals surface area contributed by atoms with Crippen molar-refractivity contribution in [1.29, 1.82) is 0 Å². The Morgan fingerprint density at radius 3 is 2.44 bits per heavy atom. The maximum Gasteiger partial charge on any atom is 0.441 e. The summed E-state index contributed by atoms with van der Waals surface area (Å²) in [5, 5.41) is 0. The van der Waals surface area contributed by atoms with Crippen molar-refractivity contribution in [2.75, 3.05) is 19.5 Å². The van der Waals surface area contributed by atoms with E-state index < -0.39 is 12.1 Å². The Balaban J connectivity index is 2.06. The first kappa shape index (κ1) is 20.8. The lowest BCUT2D eigenvalue weighted by atomic mass is 10.4. The summed E-state index contributed by atoms with van der Waals surface area (Å²) in [6.07, 6.45) is 1.19. The molecule has 0 bridgehead atoms. The third-order valence-corrected chi connectivity index (χ3v) is 3.42. The van der Waals surface area contributed by atoms with E-state index in [2.05, 4.69) is 14.7 Å². The van der Waals surface area contributed by atoms with Gasteiger partial charge in [0.15, 0.2) is 0 Å². The molecule has 27 heavy (non-hydrogen) atoms. The quantitative estimate of drug-likeness (QED) is 0.444. The summed E-state index contributed by atoms with van der Waals surface area (Å²) in [7, 11) is 1.36. The second-order valence-electron chi connectivity index (χ2n) is 4.64. The van der Waals surface area contributed by atoms with Gasteiger partial charge in [-0.1, -0.05) is 0 Å². The van der Waals surface area contributed by atoms with Gasteiger partial charge < -0.3 is 18.9 Å². The lowest BCUT2D eigenvalue weighted by Gasteiger charge is -2.11. The van der Waals surface area contributed by atoms with Crippen molar-refractivity contribution in [2.45, 2.75) is 12.1 Å². The standard InChI is InChI=1S/C15H13F5N2O4S/c1-23-10-7-12(24-4-5-27-15(18,19)20)22-13(8-10)25-9-2-3-21-11(6-9)26-14(16)17/h2-3,6-8,14H,4-5H2,1H3. The number of methoxy groups -OCH3 is 1. The summed E-state index contributed by atoms with van der Waals surface area (Å²) in [4.78, 5) is 7.57. The first-order chi connectivity index (χ1) is 12.7. The van der Waals surface area contributed by atoms with Crippen molar-refractivity contribution >= 4 is 11.8 Å². The van der Waals surface area contributed by atoms with Gasteiger partial charge in [0.05, 0.1) is 13.7 Å². The van der Waals surface area contributed by atoms with Crippen molar-refractivity contribution in [3.05, 3.63) is 30.5 Å². The van der Waals surface area contributed by atoms with E-state index in [0.717, 1.165) is 6.07 Å². The first-order valence-corrected chi connectivity index (χ1v) is 8.22. The lowest BCUT2D eigenvalue weighted by Crippen LogP contribution is -2.08. The van der Waals surface area contributed by atoms with Gasteiger partial charge in [-0.05, 0) is 17.8 Å². The lowest BCUT2D eigenvalue weighted by molar-refractivity contribution is -0.0529. The van der Waals surface area contributed by atoms with E-state index in [1.165, 1.54) is 31.5 Å². The molecular formula is C15H13F5N2O4S. The van der Waals surface area contributed by atoms with Crippen LogP contribution in [0.15, 0.2) is 30.5 Å². The molecule has 0 saturated carbocycles. The minimum Gasteiger partial charge on any atom is -0.496 e. The maximum absolute atomic E-state index is 12.2. The molecule has 0 saturated heterocycles. The van der Waals surface area contributed by atoms with E-state index in [1.807, 2.05) is 0 Å². The summed E-state index contributed by atoms with van der Waals surface area (Å²) in [6, 6.07) is 5.24. The van der Waals surface area contributed by atoms with Crippen molar-refractivity contribution in [3.63, 3.8) is 0 Å². The largest absolute Gasteiger partial charge is 0.496 e. The van der Waals surface area contributed by atoms with Gasteiger partial charge in [-0.15, -0.1) is 0 Å². The fourth-order valence-electron chi connectivity index (χ4n) is 1.74. The van der Waals surface area contributed by atoms with E-state index in [9.17, 15) is 22.0 Å². The Labute approximate surface area is 154 Å². The molecule has 0 atom stereocenters. The highest BCUT2D eigenvalue weighted by Gasteiger charge is 2.27. The zero-order valence-corrected chi connectivity index (χ0v) is 14.5. The number of aromatic nitrogens is 2. The summed E-state index contributed by atoms with van der Waals surface area (Å²) < 4.78 is 80.6. The Bertz CT molecular complexity index is 748. The SMILES string of the molecule is COc1cc(OCCSC(F)(F)F)nc(Oc2ccnc(OC(F)F)c2)c1. The molecule has 0 amide bonds. The summed E-state index contributed by atoms with van der Waals surface area (Å²) in [5.41, 5.74) is -4.35. The normalized spacial score (nSPS) is 11.4. The van der Waals surface area contributed by atoms with Crippen LogP contribution in [0.2, 0.25) is 0 Å². The van der Waals surface area contributed by atoms with Gasteiger partial charge in [0, 0.05) is 30.1 Å². The molecule has 2 aromatic heterocycles. The van der Waals surface area contributed by atoms with Crippen LogP contribution in [0.3, 0.4) is 0 Å². The molecule has 0 fully saturated rings. The van der Waals surface area contributed by atoms with Crippen LogP contribution < -0.4 is 18.9 Å². The molecule has 0 aliphatic heterocycles. The van der Waals surface area contributed by atoms with E-state index in [1.54, 1.807) is 0 Å². The van der Waals surface area contributed by atoms with Gasteiger partial charge in [-0.25, -0.2) is 4.98 Å². The fourth-order valence-corrected chi connectivity index (χ4v) is 2.14. The zero-order valence-electron chi connectivity index (χ0n) is 13.7. The van der Waals surface area contributed by atoms with Crippen LogP contribution in [0.25, 0.3) is 0 Å². The highest BCUT2D eigenvalue weighted by atomic mass is 32.2. The average molecular weight is 412 g/mol. The molecule has 0 aromatic carbocycles. The smallest absolute Gasteiger partial charge is 0.441 e. The van der Waals surface area contributed by atoms with Gasteiger partial charge in [-0.3, -0.25) is 0 Å². The molecule has 6 nitrogen and oxygen atoms in total. The molecule has 0 aliphatic rings. The molecule has 2 heterocycles. The molecule has 0 unspecified atom stereocenters. The third kappa shape index (κ3) is 7.72. The van der Waals surface area contributed by atoms with Crippen molar-refractivity contribution in [1.82, 2.24) is 9.97 Å². The van der Waals surface area contributed by atoms with Crippen LogP contribution in [-0.4, -0.2) is 41.6 Å². The summed E-state index contributed by atoms with van der Waals surface area (Å²) in [6.45, 7) is -3.29. The van der Waals surface area contributed by atoms with E-state index >= 15 is 0 Å². The topological polar surface area (TPSA) is 62.7 Å². The van der Waals surface area contributed by atoms with Crippen LogP contribution in [0.1, 0.15) is 0 Å². The fraction of sp³-hybridized carbons (Fsp3) is 0.333. The van der Waals surface area contributed by atoms with Crippen molar-refractivity contribution < 1.29 is 40.9 Å². The maximum atomic E-state index is 12.2. The van der Waals surface area contributed by atoms with Gasteiger partial charge in [-0.2, -0.15) is 26.9 Å². The van der Waals surface area contributed by atoms with Crippen molar-refractivity contribution in [2.24, 2.45) is 0 Å². The van der Waals surface area contributed by atoms with Gasteiger partial charge in [0.25, 0.3) is 0 Å². The number of hydrogen-bond acceptors (Lipinski definition) is 7. The Morgan fingerprint density at radius 1 is 1.07 bits per heavy atom. The minimum atomic E-state index is -4.35. The number of pyridine rings is 2. The molecule has 0 N–H and O–H groups in total. The molecule has 0 aliphatic carbocycles.